The maximum Gasteiger partial charge on any atom is 0.191 e. The van der Waals surface area contributed by atoms with Crippen molar-refractivity contribution in [2.45, 2.75) is 77.3 Å². The van der Waals surface area contributed by atoms with Crippen molar-refractivity contribution in [3.8, 4) is 0 Å². The predicted octanol–water partition coefficient (Wildman–Crippen LogP) is 3.28. The van der Waals surface area contributed by atoms with E-state index in [0.717, 1.165) is 69.4 Å². The van der Waals surface area contributed by atoms with Gasteiger partial charge in [-0.25, -0.2) is 4.99 Å². The molecule has 1 aromatic rings. The molecule has 3 heterocycles. The highest BCUT2D eigenvalue weighted by Gasteiger charge is 2.39. The van der Waals surface area contributed by atoms with Crippen LogP contribution in [0.3, 0.4) is 0 Å². The van der Waals surface area contributed by atoms with Crippen molar-refractivity contribution in [3.05, 3.63) is 17.5 Å². The Morgan fingerprint density at radius 3 is 2.55 bits per heavy atom. The van der Waals surface area contributed by atoms with Crippen LogP contribution in [0.1, 0.15) is 76.7 Å². The third kappa shape index (κ3) is 5.72. The third-order valence-electron chi connectivity index (χ3n) is 6.50. The van der Waals surface area contributed by atoms with Gasteiger partial charge in [0.1, 0.15) is 6.54 Å². The van der Waals surface area contributed by atoms with Crippen LogP contribution >= 0.6 is 0 Å². The van der Waals surface area contributed by atoms with Gasteiger partial charge in [0.15, 0.2) is 11.7 Å². The van der Waals surface area contributed by atoms with Gasteiger partial charge in [0.05, 0.1) is 5.69 Å². The highest BCUT2D eigenvalue weighted by Crippen LogP contribution is 2.30. The second-order valence-corrected chi connectivity index (χ2v) is 8.31. The van der Waals surface area contributed by atoms with Gasteiger partial charge in [-0.3, -0.25) is 4.90 Å². The van der Waals surface area contributed by atoms with Crippen LogP contribution in [0.25, 0.3) is 0 Å². The molecule has 2 aliphatic rings. The monoisotopic (exact) mass is 405 g/mol. The number of rotatable bonds is 9. The van der Waals surface area contributed by atoms with Crippen LogP contribution in [0.15, 0.2) is 15.6 Å². The zero-order valence-corrected chi connectivity index (χ0v) is 18.5. The standard InChI is InChI=1S/C22H39N5O2/c1-4-18(5-2)20-15-19(29-26-20)16-24-21(23-6-3)25-17-22(9-13-28-14-10-22)27-11-7-8-12-27/h15,18H,4-14,16-17H2,1-3H3,(H2,23,24,25). The van der Waals surface area contributed by atoms with Crippen molar-refractivity contribution < 1.29 is 9.26 Å². The van der Waals surface area contributed by atoms with Crippen LogP contribution in [0.2, 0.25) is 0 Å². The van der Waals surface area contributed by atoms with E-state index in [4.69, 9.17) is 14.3 Å². The SMILES string of the molecule is CCNC(=NCc1cc(C(CC)CC)no1)NCC1(N2CCCC2)CCOCC1. The van der Waals surface area contributed by atoms with Crippen LogP contribution in [-0.4, -0.2) is 60.9 Å². The summed E-state index contributed by atoms with van der Waals surface area (Å²) in [4.78, 5) is 7.43. The molecule has 164 valence electrons. The van der Waals surface area contributed by atoms with E-state index in [-0.39, 0.29) is 5.54 Å². The maximum atomic E-state index is 5.66. The minimum atomic E-state index is 0.180. The minimum Gasteiger partial charge on any atom is -0.381 e. The molecular formula is C22H39N5O2. The van der Waals surface area contributed by atoms with E-state index in [2.05, 4.69) is 47.5 Å². The quantitative estimate of drug-likeness (QED) is 0.485. The molecule has 0 aromatic carbocycles. The Labute approximate surface area is 175 Å². The first-order valence-electron chi connectivity index (χ1n) is 11.5. The summed E-state index contributed by atoms with van der Waals surface area (Å²) in [7, 11) is 0. The Morgan fingerprint density at radius 2 is 1.90 bits per heavy atom. The Morgan fingerprint density at radius 1 is 1.17 bits per heavy atom. The van der Waals surface area contributed by atoms with E-state index in [0.29, 0.717) is 12.5 Å². The van der Waals surface area contributed by atoms with Gasteiger partial charge in [-0.2, -0.15) is 0 Å². The molecule has 0 radical (unpaired) electrons. The molecule has 2 N–H and O–H groups in total. The molecular weight excluding hydrogens is 366 g/mol. The lowest BCUT2D eigenvalue weighted by Gasteiger charge is -2.45. The highest BCUT2D eigenvalue weighted by atomic mass is 16.5. The summed E-state index contributed by atoms with van der Waals surface area (Å²) in [6.45, 7) is 12.8. The van der Waals surface area contributed by atoms with Gasteiger partial charge in [0.2, 0.25) is 0 Å². The molecule has 0 amide bonds. The fraction of sp³-hybridized carbons (Fsp3) is 0.818. The lowest BCUT2D eigenvalue weighted by molar-refractivity contribution is -0.0164. The molecule has 3 rings (SSSR count). The topological polar surface area (TPSA) is 74.9 Å². The Hall–Kier alpha value is -1.60. The molecule has 2 fully saturated rings. The molecule has 0 spiro atoms. The zero-order valence-electron chi connectivity index (χ0n) is 18.5. The molecule has 29 heavy (non-hydrogen) atoms. The summed E-state index contributed by atoms with van der Waals surface area (Å²) in [5.41, 5.74) is 1.23. The lowest BCUT2D eigenvalue weighted by Crippen LogP contribution is -2.58. The second-order valence-electron chi connectivity index (χ2n) is 8.31. The molecule has 2 saturated heterocycles. The Kier molecular flexibility index (Phi) is 8.36. The van der Waals surface area contributed by atoms with Crippen molar-refractivity contribution in [2.75, 3.05) is 39.4 Å². The van der Waals surface area contributed by atoms with Gasteiger partial charge in [-0.05, 0) is 58.5 Å². The molecule has 0 bridgehead atoms. The van der Waals surface area contributed by atoms with E-state index in [1.54, 1.807) is 0 Å². The lowest BCUT2D eigenvalue weighted by atomic mass is 9.88. The summed E-state index contributed by atoms with van der Waals surface area (Å²) in [6, 6.07) is 2.06. The average Bonchev–Trinajstić information content (AvgIpc) is 3.45. The third-order valence-corrected chi connectivity index (χ3v) is 6.50. The molecule has 1 aromatic heterocycles. The van der Waals surface area contributed by atoms with Crippen molar-refractivity contribution in [1.82, 2.24) is 20.7 Å². The van der Waals surface area contributed by atoms with Crippen molar-refractivity contribution in [2.24, 2.45) is 4.99 Å². The van der Waals surface area contributed by atoms with Crippen LogP contribution in [-0.2, 0) is 11.3 Å². The first-order chi connectivity index (χ1) is 14.2. The highest BCUT2D eigenvalue weighted by molar-refractivity contribution is 5.79. The van der Waals surface area contributed by atoms with E-state index in [1.165, 1.54) is 25.9 Å². The van der Waals surface area contributed by atoms with Crippen LogP contribution in [0, 0.1) is 0 Å². The molecule has 7 nitrogen and oxygen atoms in total. The largest absolute Gasteiger partial charge is 0.381 e. The summed E-state index contributed by atoms with van der Waals surface area (Å²) in [5.74, 6) is 2.14. The van der Waals surface area contributed by atoms with Crippen molar-refractivity contribution in [3.63, 3.8) is 0 Å². The van der Waals surface area contributed by atoms with Crippen LogP contribution in [0.4, 0.5) is 0 Å². The fourth-order valence-corrected chi connectivity index (χ4v) is 4.60. The van der Waals surface area contributed by atoms with Crippen LogP contribution in [0.5, 0.6) is 0 Å². The molecule has 0 atom stereocenters. The second kappa shape index (κ2) is 11.0. The number of nitrogens with one attached hydrogen (secondary N) is 2. The van der Waals surface area contributed by atoms with Gasteiger partial charge in [-0.15, -0.1) is 0 Å². The number of aliphatic imine (C=N–C) groups is 1. The van der Waals surface area contributed by atoms with Gasteiger partial charge >= 0.3 is 0 Å². The summed E-state index contributed by atoms with van der Waals surface area (Å²) < 4.78 is 11.2. The zero-order chi connectivity index (χ0) is 20.5. The van der Waals surface area contributed by atoms with E-state index in [1.807, 2.05) is 0 Å². The first-order valence-corrected chi connectivity index (χ1v) is 11.5. The number of nitrogens with zero attached hydrogens (tertiary/aromatic N) is 3. The smallest absolute Gasteiger partial charge is 0.191 e. The van der Waals surface area contributed by atoms with E-state index >= 15 is 0 Å². The summed E-state index contributed by atoms with van der Waals surface area (Å²) in [6.07, 6.45) is 6.94. The average molecular weight is 406 g/mol. The Bertz CT molecular complexity index is 629. The van der Waals surface area contributed by atoms with E-state index in [9.17, 15) is 0 Å². The van der Waals surface area contributed by atoms with Crippen molar-refractivity contribution >= 4 is 5.96 Å². The minimum absolute atomic E-state index is 0.180. The molecule has 0 aliphatic carbocycles. The number of likely N-dealkylation sites (tertiary alicyclic amines) is 1. The first kappa shape index (κ1) is 22.1. The number of ether oxygens (including phenoxy) is 1. The number of guanidine groups is 1. The van der Waals surface area contributed by atoms with Crippen LogP contribution < -0.4 is 10.6 Å². The predicted molar refractivity (Wildman–Crippen MR) is 116 cm³/mol. The summed E-state index contributed by atoms with van der Waals surface area (Å²) >= 11 is 0. The summed E-state index contributed by atoms with van der Waals surface area (Å²) in [5, 5.41) is 11.2. The number of hydrogen-bond acceptors (Lipinski definition) is 5. The molecule has 0 unspecified atom stereocenters. The van der Waals surface area contributed by atoms with Gasteiger partial charge in [0.25, 0.3) is 0 Å². The fourth-order valence-electron chi connectivity index (χ4n) is 4.60. The van der Waals surface area contributed by atoms with Gasteiger partial charge in [0, 0.05) is 43.8 Å². The van der Waals surface area contributed by atoms with Gasteiger partial charge in [-0.1, -0.05) is 19.0 Å². The van der Waals surface area contributed by atoms with E-state index < -0.39 is 0 Å². The molecule has 7 heteroatoms. The maximum absolute atomic E-state index is 5.66. The van der Waals surface area contributed by atoms with Gasteiger partial charge < -0.3 is 19.9 Å². The molecule has 0 saturated carbocycles. The Balaban J connectivity index is 1.62. The number of hydrogen-bond donors (Lipinski definition) is 2. The number of aromatic nitrogens is 1. The molecule has 2 aliphatic heterocycles. The normalized spacial score (nSPS) is 20.3. The van der Waals surface area contributed by atoms with Crippen molar-refractivity contribution in [1.29, 1.82) is 0 Å².